The van der Waals surface area contributed by atoms with Crippen LogP contribution < -0.4 is 9.47 Å². The molecule has 0 saturated carbocycles. The summed E-state index contributed by atoms with van der Waals surface area (Å²) in [6.07, 6.45) is 5.35. The molecular weight excluding hydrogens is 346 g/mol. The average Bonchev–Trinajstić information content (AvgIpc) is 2.96. The van der Waals surface area contributed by atoms with Crippen LogP contribution in [0.3, 0.4) is 0 Å². The van der Waals surface area contributed by atoms with E-state index in [1.165, 1.54) is 4.90 Å². The van der Waals surface area contributed by atoms with Gasteiger partial charge in [-0.25, -0.2) is 4.79 Å². The number of aliphatic hydroxyl groups is 1. The van der Waals surface area contributed by atoms with Gasteiger partial charge in [0.15, 0.2) is 11.5 Å². The maximum absolute atomic E-state index is 12.4. The number of carbonyl (C=O) groups excluding carboxylic acids is 1. The second-order valence-electron chi connectivity index (χ2n) is 8.25. The molecule has 0 radical (unpaired) electrons. The van der Waals surface area contributed by atoms with Crippen molar-refractivity contribution < 1.29 is 24.1 Å². The summed E-state index contributed by atoms with van der Waals surface area (Å²) in [5, 5.41) is 10.3. The van der Waals surface area contributed by atoms with E-state index in [2.05, 4.69) is 6.08 Å². The molecule has 0 unspecified atom stereocenters. The molecule has 0 bridgehead atoms. The summed E-state index contributed by atoms with van der Waals surface area (Å²) < 4.78 is 17.2. The Bertz CT molecular complexity index is 752. The van der Waals surface area contributed by atoms with Gasteiger partial charge in [-0.2, -0.15) is 0 Å². The first kappa shape index (κ1) is 19.5. The van der Waals surface area contributed by atoms with Crippen molar-refractivity contribution in [1.82, 2.24) is 4.90 Å². The summed E-state index contributed by atoms with van der Waals surface area (Å²) in [4.78, 5) is 13.9. The van der Waals surface area contributed by atoms with Crippen LogP contribution in [0.4, 0.5) is 4.79 Å². The van der Waals surface area contributed by atoms with Crippen LogP contribution in [0.5, 0.6) is 11.5 Å². The van der Waals surface area contributed by atoms with E-state index in [-0.39, 0.29) is 18.8 Å². The van der Waals surface area contributed by atoms with Crippen LogP contribution in [0.2, 0.25) is 0 Å². The highest BCUT2D eigenvalue weighted by molar-refractivity contribution is 5.68. The molecule has 1 aromatic carbocycles. The van der Waals surface area contributed by atoms with Gasteiger partial charge in [-0.3, -0.25) is 0 Å². The largest absolute Gasteiger partial charge is 0.493 e. The number of carbonyl (C=O) groups is 1. The van der Waals surface area contributed by atoms with Gasteiger partial charge < -0.3 is 24.2 Å². The molecule has 2 aliphatic rings. The highest BCUT2D eigenvalue weighted by Crippen LogP contribution is 2.53. The second-order valence-corrected chi connectivity index (χ2v) is 8.25. The first-order valence-electron chi connectivity index (χ1n) is 9.31. The standard InChI is InChI=1S/C21H29NO5/c1-20(2,3)27-19(24)22(4)12-14-9-10-15(25-5)18-17(14)21(13-23)11-7-6-8-16(21)26-18/h7,9-11,16,23H,6,8,12-13H2,1-5H3/t16-,21-/m0/s1. The molecule has 1 aromatic rings. The molecule has 1 aliphatic heterocycles. The zero-order chi connectivity index (χ0) is 19.8. The lowest BCUT2D eigenvalue weighted by Crippen LogP contribution is -2.42. The molecule has 1 aliphatic carbocycles. The maximum atomic E-state index is 12.4. The van der Waals surface area contributed by atoms with Gasteiger partial charge in [0.25, 0.3) is 0 Å². The minimum absolute atomic E-state index is 0.0580. The summed E-state index contributed by atoms with van der Waals surface area (Å²) >= 11 is 0. The third-order valence-electron chi connectivity index (χ3n) is 5.11. The van der Waals surface area contributed by atoms with E-state index in [0.717, 1.165) is 24.0 Å². The van der Waals surface area contributed by atoms with Gasteiger partial charge in [0.05, 0.1) is 19.1 Å². The monoisotopic (exact) mass is 375 g/mol. The molecule has 6 nitrogen and oxygen atoms in total. The van der Waals surface area contributed by atoms with Crippen molar-refractivity contribution in [2.75, 3.05) is 20.8 Å². The minimum atomic E-state index is -0.605. The lowest BCUT2D eigenvalue weighted by molar-refractivity contribution is 0.0284. The van der Waals surface area contributed by atoms with Gasteiger partial charge >= 0.3 is 6.09 Å². The van der Waals surface area contributed by atoms with E-state index < -0.39 is 11.0 Å². The predicted octanol–water partition coefficient (Wildman–Crippen LogP) is 3.40. The Hall–Kier alpha value is -2.21. The SMILES string of the molecule is COc1ccc(CN(C)C(=O)OC(C)(C)C)c2c1O[C@H]1CCC=C[C@@]21CO. The number of benzene rings is 1. The van der Waals surface area contributed by atoms with Crippen molar-refractivity contribution in [3.8, 4) is 11.5 Å². The summed E-state index contributed by atoms with van der Waals surface area (Å²) in [5.41, 5.74) is 0.662. The van der Waals surface area contributed by atoms with Gasteiger partial charge in [-0.15, -0.1) is 0 Å². The zero-order valence-corrected chi connectivity index (χ0v) is 16.7. The van der Waals surface area contributed by atoms with E-state index in [1.54, 1.807) is 14.2 Å². The molecule has 1 heterocycles. The van der Waals surface area contributed by atoms with E-state index in [9.17, 15) is 9.90 Å². The number of amides is 1. The van der Waals surface area contributed by atoms with Gasteiger partial charge in [0, 0.05) is 19.2 Å². The molecule has 2 atom stereocenters. The van der Waals surface area contributed by atoms with Crippen LogP contribution in [0.15, 0.2) is 24.3 Å². The van der Waals surface area contributed by atoms with Crippen molar-refractivity contribution in [3.63, 3.8) is 0 Å². The van der Waals surface area contributed by atoms with Crippen molar-refractivity contribution in [2.24, 2.45) is 0 Å². The molecule has 6 heteroatoms. The second kappa shape index (κ2) is 7.08. The number of hydrogen-bond acceptors (Lipinski definition) is 5. The van der Waals surface area contributed by atoms with Crippen molar-refractivity contribution in [3.05, 3.63) is 35.4 Å². The topological polar surface area (TPSA) is 68.2 Å². The number of nitrogens with zero attached hydrogens (tertiary/aromatic N) is 1. The fourth-order valence-electron chi connectivity index (χ4n) is 3.87. The Balaban J connectivity index is 1.99. The molecule has 0 spiro atoms. The van der Waals surface area contributed by atoms with Crippen LogP contribution in [-0.2, 0) is 16.7 Å². The minimum Gasteiger partial charge on any atom is -0.493 e. The first-order chi connectivity index (χ1) is 12.7. The molecule has 0 fully saturated rings. The Morgan fingerprint density at radius 2 is 2.15 bits per heavy atom. The lowest BCUT2D eigenvalue weighted by Gasteiger charge is -2.33. The Labute approximate surface area is 160 Å². The average molecular weight is 375 g/mol. The van der Waals surface area contributed by atoms with Gasteiger partial charge in [0.1, 0.15) is 11.7 Å². The fourth-order valence-corrected chi connectivity index (χ4v) is 3.87. The van der Waals surface area contributed by atoms with E-state index in [4.69, 9.17) is 14.2 Å². The molecule has 1 N–H and O–H groups in total. The maximum Gasteiger partial charge on any atom is 0.410 e. The summed E-state index contributed by atoms with van der Waals surface area (Å²) in [6.45, 7) is 5.83. The molecule has 0 aromatic heterocycles. The third kappa shape index (κ3) is 3.50. The Kier molecular flexibility index (Phi) is 5.12. The summed E-state index contributed by atoms with van der Waals surface area (Å²) in [5.74, 6) is 1.31. The molecule has 148 valence electrons. The molecule has 3 rings (SSSR count). The smallest absolute Gasteiger partial charge is 0.410 e. The van der Waals surface area contributed by atoms with Crippen LogP contribution in [0, 0.1) is 0 Å². The number of ether oxygens (including phenoxy) is 3. The van der Waals surface area contributed by atoms with Gasteiger partial charge in [-0.05, 0) is 45.2 Å². The predicted molar refractivity (Wildman–Crippen MR) is 102 cm³/mol. The van der Waals surface area contributed by atoms with Crippen LogP contribution in [0.1, 0.15) is 44.7 Å². The zero-order valence-electron chi connectivity index (χ0n) is 16.7. The molecule has 0 saturated heterocycles. The van der Waals surface area contributed by atoms with Gasteiger partial charge in [0.2, 0.25) is 0 Å². The quantitative estimate of drug-likeness (QED) is 0.817. The van der Waals surface area contributed by atoms with E-state index in [0.29, 0.717) is 18.0 Å². The van der Waals surface area contributed by atoms with Crippen molar-refractivity contribution >= 4 is 6.09 Å². The molecule has 27 heavy (non-hydrogen) atoms. The van der Waals surface area contributed by atoms with Crippen molar-refractivity contribution in [2.45, 2.75) is 57.3 Å². The highest BCUT2D eigenvalue weighted by Gasteiger charge is 2.50. The number of methoxy groups -OCH3 is 1. The molecular formula is C21H29NO5. The van der Waals surface area contributed by atoms with E-state index in [1.807, 2.05) is 39.0 Å². The number of rotatable bonds is 4. The van der Waals surface area contributed by atoms with E-state index >= 15 is 0 Å². The normalized spacial score (nSPS) is 23.3. The first-order valence-corrected chi connectivity index (χ1v) is 9.31. The Morgan fingerprint density at radius 3 is 2.78 bits per heavy atom. The number of aliphatic hydroxyl groups excluding tert-OH is 1. The summed E-state index contributed by atoms with van der Waals surface area (Å²) in [6, 6.07) is 3.79. The number of allylic oxidation sites excluding steroid dienone is 1. The van der Waals surface area contributed by atoms with Crippen molar-refractivity contribution in [1.29, 1.82) is 0 Å². The fraction of sp³-hybridized carbons (Fsp3) is 0.571. The lowest BCUT2D eigenvalue weighted by atomic mass is 9.71. The highest BCUT2D eigenvalue weighted by atomic mass is 16.6. The summed E-state index contributed by atoms with van der Waals surface area (Å²) in [7, 11) is 3.31. The van der Waals surface area contributed by atoms with Crippen LogP contribution in [0.25, 0.3) is 0 Å². The number of fused-ring (bicyclic) bond motifs is 3. The van der Waals surface area contributed by atoms with Gasteiger partial charge in [-0.1, -0.05) is 18.2 Å². The number of hydrogen-bond donors (Lipinski definition) is 1. The van der Waals surface area contributed by atoms with Crippen LogP contribution >= 0.6 is 0 Å². The molecule has 1 amide bonds. The van der Waals surface area contributed by atoms with Crippen LogP contribution in [-0.4, -0.2) is 48.6 Å². The third-order valence-corrected chi connectivity index (χ3v) is 5.11. The Morgan fingerprint density at radius 1 is 1.41 bits per heavy atom.